The average Bonchev–Trinajstić information content (AvgIpc) is 3.64. The molecule has 0 unspecified atom stereocenters. The van der Waals surface area contributed by atoms with Crippen molar-refractivity contribution in [2.24, 2.45) is 0 Å². The van der Waals surface area contributed by atoms with Gasteiger partial charge in [-0.2, -0.15) is 9.97 Å². The van der Waals surface area contributed by atoms with Gasteiger partial charge in [-0.25, -0.2) is 4.68 Å². The number of rotatable bonds is 10. The fourth-order valence-corrected chi connectivity index (χ4v) is 7.54. The number of anilines is 1. The highest BCUT2D eigenvalue weighted by Gasteiger charge is 2.45. The third kappa shape index (κ3) is 5.55. The number of aromatic nitrogens is 5. The van der Waals surface area contributed by atoms with Gasteiger partial charge in [0.15, 0.2) is 0 Å². The van der Waals surface area contributed by atoms with E-state index in [-0.39, 0.29) is 5.54 Å². The molecule has 2 aromatic heterocycles. The maximum atomic E-state index is 6.33. The fraction of sp³-hybridized carbons (Fsp3) is 0.667. The molecule has 0 atom stereocenters. The van der Waals surface area contributed by atoms with E-state index < -0.39 is 8.07 Å². The van der Waals surface area contributed by atoms with Crippen LogP contribution >= 0.6 is 0 Å². The van der Waals surface area contributed by atoms with Crippen molar-refractivity contribution < 1.29 is 14.2 Å². The Hall–Kier alpha value is -2.76. The quantitative estimate of drug-likeness (QED) is 0.250. The summed E-state index contributed by atoms with van der Waals surface area (Å²) < 4.78 is 20.0. The van der Waals surface area contributed by atoms with E-state index in [4.69, 9.17) is 19.2 Å². The normalized spacial score (nSPS) is 18.6. The average molecular weight is 580 g/mol. The molecule has 2 fully saturated rings. The van der Waals surface area contributed by atoms with Crippen LogP contribution in [0.5, 0.6) is 11.9 Å². The monoisotopic (exact) mass is 579 g/mol. The Kier molecular flexibility index (Phi) is 7.71. The molecule has 3 aromatic rings. The first kappa shape index (κ1) is 28.4. The largest absolute Gasteiger partial charge is 0.481 e. The molecule has 5 heterocycles. The second kappa shape index (κ2) is 11.1. The van der Waals surface area contributed by atoms with Crippen LogP contribution in [0.3, 0.4) is 0 Å². The molecular weight excluding hydrogens is 534 g/mol. The molecule has 0 bridgehead atoms. The number of benzene rings is 1. The third-order valence-corrected chi connectivity index (χ3v) is 11.0. The molecule has 0 radical (unpaired) electrons. The van der Waals surface area contributed by atoms with Gasteiger partial charge in [-0.15, -0.1) is 5.10 Å². The minimum Gasteiger partial charge on any atom is -0.481 e. The van der Waals surface area contributed by atoms with Crippen LogP contribution in [0.15, 0.2) is 6.07 Å². The number of hydrogen-bond acceptors (Lipinski definition) is 9. The van der Waals surface area contributed by atoms with Gasteiger partial charge in [0, 0.05) is 26.8 Å². The molecule has 3 aliphatic heterocycles. The second-order valence-corrected chi connectivity index (χ2v) is 18.9. The SMILES string of the molecule is COc1nc(OCC23CCCN2CCC3)nc2c1CCN(c1c(C)c(C)cc3c1nnn3COCC[Si](C)(C)C)C2. The zero-order valence-corrected chi connectivity index (χ0v) is 26.6. The van der Waals surface area contributed by atoms with Gasteiger partial charge in [-0.1, -0.05) is 24.9 Å². The molecule has 41 heavy (non-hydrogen) atoms. The molecule has 0 N–H and O–H groups in total. The molecule has 3 aliphatic rings. The first-order chi connectivity index (χ1) is 19.7. The number of methoxy groups -OCH3 is 1. The summed E-state index contributed by atoms with van der Waals surface area (Å²) in [5.74, 6) is 0.629. The van der Waals surface area contributed by atoms with Gasteiger partial charge >= 0.3 is 6.01 Å². The lowest BCUT2D eigenvalue weighted by molar-refractivity contribution is 0.0803. The number of aryl methyl sites for hydroxylation is 1. The predicted octanol–water partition coefficient (Wildman–Crippen LogP) is 4.73. The lowest BCUT2D eigenvalue weighted by atomic mass is 9.95. The Bertz CT molecular complexity index is 1410. The van der Waals surface area contributed by atoms with Crippen LogP contribution in [0, 0.1) is 13.8 Å². The van der Waals surface area contributed by atoms with Crippen LogP contribution in [0.4, 0.5) is 5.69 Å². The van der Waals surface area contributed by atoms with Crippen molar-refractivity contribution in [2.75, 3.05) is 44.9 Å². The Balaban J connectivity index is 1.24. The molecule has 2 saturated heterocycles. The summed E-state index contributed by atoms with van der Waals surface area (Å²) in [4.78, 5) is 14.6. The molecule has 10 nitrogen and oxygen atoms in total. The summed E-state index contributed by atoms with van der Waals surface area (Å²) >= 11 is 0. The van der Waals surface area contributed by atoms with Crippen molar-refractivity contribution in [3.8, 4) is 11.9 Å². The molecule has 0 amide bonds. The van der Waals surface area contributed by atoms with Gasteiger partial charge in [-0.3, -0.25) is 4.90 Å². The van der Waals surface area contributed by atoms with Crippen molar-refractivity contribution in [3.63, 3.8) is 0 Å². The highest BCUT2D eigenvalue weighted by Crippen LogP contribution is 2.40. The summed E-state index contributed by atoms with van der Waals surface area (Å²) in [6, 6.07) is 3.73. The van der Waals surface area contributed by atoms with E-state index in [1.165, 1.54) is 49.9 Å². The smallest absolute Gasteiger partial charge is 0.320 e. The molecule has 0 spiro atoms. The van der Waals surface area contributed by atoms with E-state index in [2.05, 4.69) is 64.7 Å². The van der Waals surface area contributed by atoms with Crippen LogP contribution in [-0.2, 0) is 24.4 Å². The minimum absolute atomic E-state index is 0.146. The fourth-order valence-electron chi connectivity index (χ4n) is 6.78. The summed E-state index contributed by atoms with van der Waals surface area (Å²) in [6.07, 6.45) is 5.66. The first-order valence-electron chi connectivity index (χ1n) is 15.2. The maximum absolute atomic E-state index is 6.33. The lowest BCUT2D eigenvalue weighted by Crippen LogP contribution is -2.43. The highest BCUT2D eigenvalue weighted by atomic mass is 28.3. The number of nitrogens with zero attached hydrogens (tertiary/aromatic N) is 7. The molecule has 1 aromatic carbocycles. The summed E-state index contributed by atoms with van der Waals surface area (Å²) in [6.45, 7) is 17.0. The van der Waals surface area contributed by atoms with Crippen molar-refractivity contribution in [3.05, 3.63) is 28.5 Å². The van der Waals surface area contributed by atoms with Crippen LogP contribution < -0.4 is 14.4 Å². The van der Waals surface area contributed by atoms with Gasteiger partial charge in [0.25, 0.3) is 0 Å². The van der Waals surface area contributed by atoms with E-state index >= 15 is 0 Å². The zero-order valence-electron chi connectivity index (χ0n) is 25.6. The van der Waals surface area contributed by atoms with Crippen molar-refractivity contribution >= 4 is 24.8 Å². The van der Waals surface area contributed by atoms with Crippen LogP contribution in [0.2, 0.25) is 25.7 Å². The van der Waals surface area contributed by atoms with E-state index in [1.54, 1.807) is 7.11 Å². The number of hydrogen-bond donors (Lipinski definition) is 0. The van der Waals surface area contributed by atoms with E-state index in [0.29, 0.717) is 31.8 Å². The van der Waals surface area contributed by atoms with Gasteiger partial charge < -0.3 is 19.1 Å². The Morgan fingerprint density at radius 1 is 1.05 bits per heavy atom. The van der Waals surface area contributed by atoms with Gasteiger partial charge in [0.05, 0.1) is 36.1 Å². The standard InChI is InChI=1S/C30H45N7O3Si/c1-21-17-25-26(33-34-37(25)20-39-15-16-41(4,5)6)27(22(21)2)35-14-9-23-24(18-35)31-29(32-28(23)38-3)40-19-30-10-7-12-36(30)13-8-11-30/h17H,7-16,18-20H2,1-6H3. The molecule has 222 valence electrons. The van der Waals surface area contributed by atoms with E-state index in [0.717, 1.165) is 53.6 Å². The summed E-state index contributed by atoms with van der Waals surface area (Å²) in [5, 5.41) is 9.14. The first-order valence-corrected chi connectivity index (χ1v) is 18.9. The Morgan fingerprint density at radius 2 is 1.83 bits per heavy atom. The zero-order chi connectivity index (χ0) is 28.8. The van der Waals surface area contributed by atoms with Crippen molar-refractivity contribution in [1.82, 2.24) is 29.9 Å². The third-order valence-electron chi connectivity index (χ3n) is 9.30. The van der Waals surface area contributed by atoms with Crippen molar-refractivity contribution in [2.45, 2.75) is 90.5 Å². The lowest BCUT2D eigenvalue weighted by Gasteiger charge is -2.33. The molecule has 11 heteroatoms. The Labute approximate surface area is 244 Å². The number of ether oxygens (including phenoxy) is 3. The van der Waals surface area contributed by atoms with Gasteiger partial charge in [0.1, 0.15) is 18.9 Å². The molecule has 0 saturated carbocycles. The predicted molar refractivity (Wildman–Crippen MR) is 163 cm³/mol. The second-order valence-electron chi connectivity index (χ2n) is 13.3. The maximum Gasteiger partial charge on any atom is 0.320 e. The minimum atomic E-state index is -1.15. The topological polar surface area (TPSA) is 90.7 Å². The molecule has 0 aliphatic carbocycles. The molecular formula is C30H45N7O3Si. The van der Waals surface area contributed by atoms with Crippen molar-refractivity contribution in [1.29, 1.82) is 0 Å². The number of fused-ring (bicyclic) bond motifs is 3. The van der Waals surface area contributed by atoms with Crippen LogP contribution in [-0.4, -0.2) is 83.4 Å². The van der Waals surface area contributed by atoms with E-state index in [9.17, 15) is 0 Å². The van der Waals surface area contributed by atoms with Gasteiger partial charge in [-0.05, 0) is 82.3 Å². The summed E-state index contributed by atoms with van der Waals surface area (Å²) in [5.41, 5.74) is 7.63. The Morgan fingerprint density at radius 3 is 2.56 bits per heavy atom. The van der Waals surface area contributed by atoms with E-state index in [1.807, 2.05) is 4.68 Å². The van der Waals surface area contributed by atoms with Crippen LogP contribution in [0.1, 0.15) is 48.1 Å². The summed E-state index contributed by atoms with van der Waals surface area (Å²) in [7, 11) is 0.539. The molecule has 6 rings (SSSR count). The van der Waals surface area contributed by atoms with Gasteiger partial charge in [0.2, 0.25) is 5.88 Å². The highest BCUT2D eigenvalue weighted by molar-refractivity contribution is 6.76. The van der Waals surface area contributed by atoms with Crippen LogP contribution in [0.25, 0.3) is 11.0 Å².